The van der Waals surface area contributed by atoms with Gasteiger partial charge in [0.2, 0.25) is 0 Å². The van der Waals surface area contributed by atoms with E-state index in [2.05, 4.69) is 26.5 Å². The van der Waals surface area contributed by atoms with E-state index in [4.69, 9.17) is 14.2 Å². The summed E-state index contributed by atoms with van der Waals surface area (Å²) in [6.07, 6.45) is 9.52. The molecule has 0 bridgehead atoms. The molecule has 0 N–H and O–H groups in total. The first kappa shape index (κ1) is 21.1. The van der Waals surface area contributed by atoms with Crippen LogP contribution in [0.25, 0.3) is 0 Å². The summed E-state index contributed by atoms with van der Waals surface area (Å²) < 4.78 is 17.5. The van der Waals surface area contributed by atoms with Crippen LogP contribution in [0, 0.1) is 35.0 Å². The second-order valence-corrected chi connectivity index (χ2v) is 10.3. The van der Waals surface area contributed by atoms with Crippen LogP contribution >= 0.6 is 0 Å². The molecule has 7 atom stereocenters. The van der Waals surface area contributed by atoms with Crippen molar-refractivity contribution in [2.75, 3.05) is 14.2 Å². The highest BCUT2D eigenvalue weighted by Gasteiger charge is 2.60. The lowest BCUT2D eigenvalue weighted by Gasteiger charge is -2.57. The minimum Gasteiger partial charge on any atom is -0.462 e. The van der Waals surface area contributed by atoms with Crippen LogP contribution in [-0.4, -0.2) is 32.1 Å². The molecule has 4 aliphatic carbocycles. The quantitative estimate of drug-likeness (QED) is 0.364. The van der Waals surface area contributed by atoms with Gasteiger partial charge in [0.1, 0.15) is 6.10 Å². The van der Waals surface area contributed by atoms with E-state index in [1.807, 2.05) is 0 Å². The molecule has 29 heavy (non-hydrogen) atoms. The Kier molecular flexibility index (Phi) is 5.48. The Hall–Kier alpha value is -1.13. The molecule has 0 spiro atoms. The normalized spacial score (nSPS) is 43.2. The zero-order valence-corrected chi connectivity index (χ0v) is 18.8. The lowest BCUT2D eigenvalue weighted by Crippen LogP contribution is -2.52. The molecule has 2 saturated carbocycles. The number of methoxy groups -OCH3 is 2. The second kappa shape index (κ2) is 7.53. The van der Waals surface area contributed by atoms with Gasteiger partial charge in [-0.15, -0.1) is 6.58 Å². The van der Waals surface area contributed by atoms with E-state index in [0.29, 0.717) is 29.6 Å². The first-order valence-electron chi connectivity index (χ1n) is 11.4. The van der Waals surface area contributed by atoms with Gasteiger partial charge in [0.05, 0.1) is 0 Å². The number of allylic oxidation sites excluding steroid dienone is 2. The number of carbonyl (C=O) groups excluding carboxylic acids is 1. The van der Waals surface area contributed by atoms with E-state index in [9.17, 15) is 4.79 Å². The summed E-state index contributed by atoms with van der Waals surface area (Å²) in [6, 6.07) is 0. The smallest absolute Gasteiger partial charge is 0.302 e. The predicted molar refractivity (Wildman–Crippen MR) is 113 cm³/mol. The molecule has 0 heterocycles. The Morgan fingerprint density at radius 2 is 1.97 bits per heavy atom. The number of hydrogen-bond donors (Lipinski definition) is 0. The molecule has 4 heteroatoms. The van der Waals surface area contributed by atoms with Crippen molar-refractivity contribution in [2.24, 2.45) is 35.0 Å². The fourth-order valence-corrected chi connectivity index (χ4v) is 7.77. The van der Waals surface area contributed by atoms with Crippen molar-refractivity contribution >= 4 is 5.97 Å². The van der Waals surface area contributed by atoms with Crippen LogP contribution in [0.15, 0.2) is 23.8 Å². The number of rotatable bonds is 4. The fourth-order valence-electron chi connectivity index (χ4n) is 7.77. The average Bonchev–Trinajstić information content (AvgIpc) is 3.01. The summed E-state index contributed by atoms with van der Waals surface area (Å²) in [4.78, 5) is 11.7. The van der Waals surface area contributed by atoms with Crippen LogP contribution in [-0.2, 0) is 19.0 Å². The molecule has 162 valence electrons. The summed E-state index contributed by atoms with van der Waals surface area (Å²) in [7, 11) is 3.55. The molecule has 0 aromatic rings. The average molecular weight is 403 g/mol. The van der Waals surface area contributed by atoms with Gasteiger partial charge in [-0.05, 0) is 61.7 Å². The SMILES string of the molecule is C=C[C@H]1C[C@@]2(C)C(CC[C@@H]2OC(C)=O)C2C1C1=C(C[C@H]2C)CC(OC)(OC)CC1. The molecule has 0 aromatic heterocycles. The third kappa shape index (κ3) is 3.22. The van der Waals surface area contributed by atoms with Crippen LogP contribution in [0.4, 0.5) is 0 Å². The van der Waals surface area contributed by atoms with Gasteiger partial charge in [0.25, 0.3) is 0 Å². The number of hydrogen-bond acceptors (Lipinski definition) is 4. The van der Waals surface area contributed by atoms with Gasteiger partial charge in [-0.3, -0.25) is 4.79 Å². The third-order valence-corrected chi connectivity index (χ3v) is 9.03. The van der Waals surface area contributed by atoms with Crippen molar-refractivity contribution in [3.63, 3.8) is 0 Å². The molecule has 2 fully saturated rings. The molecule has 4 rings (SSSR count). The molecule has 0 aliphatic heterocycles. The second-order valence-electron chi connectivity index (χ2n) is 10.3. The molecule has 0 saturated heterocycles. The maximum absolute atomic E-state index is 11.7. The number of ether oxygens (including phenoxy) is 3. The van der Waals surface area contributed by atoms with Gasteiger partial charge < -0.3 is 14.2 Å². The van der Waals surface area contributed by atoms with Crippen LogP contribution in [0.3, 0.4) is 0 Å². The van der Waals surface area contributed by atoms with Gasteiger partial charge in [0.15, 0.2) is 5.79 Å². The van der Waals surface area contributed by atoms with E-state index >= 15 is 0 Å². The third-order valence-electron chi connectivity index (χ3n) is 9.03. The Morgan fingerprint density at radius 1 is 1.24 bits per heavy atom. The summed E-state index contributed by atoms with van der Waals surface area (Å²) in [6.45, 7) is 10.6. The van der Waals surface area contributed by atoms with E-state index in [1.54, 1.807) is 32.3 Å². The standard InChI is InChI=1S/C25H38O4/c1-7-17-13-24(4)20(8-9-21(24)29-16(3)26)22-15(2)12-18-14-25(27-5,28-6)11-10-19(18)23(17)22/h7,15,17,20-23H,1,8-14H2,2-6H3/t15-,17+,20?,21+,22?,23?,24+/m1/s1. The highest BCUT2D eigenvalue weighted by Crippen LogP contribution is 2.65. The maximum Gasteiger partial charge on any atom is 0.302 e. The zero-order chi connectivity index (χ0) is 21.0. The molecular formula is C25H38O4. The predicted octanol–water partition coefficient (Wildman–Crippen LogP) is 5.28. The lowest BCUT2D eigenvalue weighted by molar-refractivity contribution is -0.214. The Bertz CT molecular complexity index is 706. The van der Waals surface area contributed by atoms with Gasteiger partial charge in [-0.25, -0.2) is 0 Å². The zero-order valence-electron chi connectivity index (χ0n) is 18.8. The van der Waals surface area contributed by atoms with Gasteiger partial charge in [0, 0.05) is 39.4 Å². The first-order valence-corrected chi connectivity index (χ1v) is 11.4. The number of fused-ring (bicyclic) bond motifs is 4. The number of esters is 1. The monoisotopic (exact) mass is 402 g/mol. The van der Waals surface area contributed by atoms with Gasteiger partial charge >= 0.3 is 5.97 Å². The van der Waals surface area contributed by atoms with Crippen molar-refractivity contribution in [3.8, 4) is 0 Å². The minimum absolute atomic E-state index is 0.0527. The Labute approximate surface area is 176 Å². The topological polar surface area (TPSA) is 44.8 Å². The fraction of sp³-hybridized carbons (Fsp3) is 0.800. The van der Waals surface area contributed by atoms with Crippen LogP contribution in [0.2, 0.25) is 0 Å². The lowest BCUT2D eigenvalue weighted by atomic mass is 9.48. The first-order chi connectivity index (χ1) is 13.8. The van der Waals surface area contributed by atoms with Crippen molar-refractivity contribution in [1.29, 1.82) is 0 Å². The van der Waals surface area contributed by atoms with E-state index in [-0.39, 0.29) is 17.5 Å². The Morgan fingerprint density at radius 3 is 2.59 bits per heavy atom. The molecule has 3 unspecified atom stereocenters. The highest BCUT2D eigenvalue weighted by molar-refractivity contribution is 5.66. The summed E-state index contributed by atoms with van der Waals surface area (Å²) in [5, 5.41) is 0. The molecule has 0 amide bonds. The van der Waals surface area contributed by atoms with E-state index < -0.39 is 5.79 Å². The van der Waals surface area contributed by atoms with Gasteiger partial charge in [-0.2, -0.15) is 0 Å². The summed E-state index contributed by atoms with van der Waals surface area (Å²) in [5.41, 5.74) is 3.30. The molecule has 0 aromatic carbocycles. The van der Waals surface area contributed by atoms with Crippen molar-refractivity contribution in [2.45, 2.75) is 77.6 Å². The van der Waals surface area contributed by atoms with E-state index in [1.165, 1.54) is 6.42 Å². The van der Waals surface area contributed by atoms with Crippen LogP contribution in [0.1, 0.15) is 65.7 Å². The van der Waals surface area contributed by atoms with Crippen LogP contribution < -0.4 is 0 Å². The van der Waals surface area contributed by atoms with Crippen molar-refractivity contribution < 1.29 is 19.0 Å². The minimum atomic E-state index is -0.452. The van der Waals surface area contributed by atoms with Crippen molar-refractivity contribution in [3.05, 3.63) is 23.8 Å². The molecular weight excluding hydrogens is 364 g/mol. The largest absolute Gasteiger partial charge is 0.462 e. The molecule has 4 aliphatic rings. The Balaban J connectivity index is 1.70. The molecule has 4 nitrogen and oxygen atoms in total. The number of carbonyl (C=O) groups is 1. The van der Waals surface area contributed by atoms with Crippen LogP contribution in [0.5, 0.6) is 0 Å². The summed E-state index contributed by atoms with van der Waals surface area (Å²) >= 11 is 0. The van der Waals surface area contributed by atoms with Gasteiger partial charge in [-0.1, -0.05) is 31.1 Å². The molecule has 0 radical (unpaired) electrons. The van der Waals surface area contributed by atoms with Crippen molar-refractivity contribution in [1.82, 2.24) is 0 Å². The van der Waals surface area contributed by atoms with E-state index in [0.717, 1.165) is 38.5 Å². The highest BCUT2D eigenvalue weighted by atomic mass is 16.7. The maximum atomic E-state index is 11.7. The summed E-state index contributed by atoms with van der Waals surface area (Å²) in [5.74, 6) is 2.31.